The van der Waals surface area contributed by atoms with Crippen LogP contribution in [0.15, 0.2) is 0 Å². The monoisotopic (exact) mass is 269 g/mol. The molecule has 6 heteroatoms. The normalized spacial score (nSPS) is 13.9. The van der Waals surface area contributed by atoms with E-state index in [0.717, 1.165) is 44.9 Å². The number of rotatable bonds is 10. The summed E-state index contributed by atoms with van der Waals surface area (Å²) in [6, 6.07) is 0. The van der Waals surface area contributed by atoms with Crippen LogP contribution in [0.1, 0.15) is 44.9 Å². The molecule has 0 aromatic carbocycles. The van der Waals surface area contributed by atoms with Gasteiger partial charge in [-0.3, -0.25) is 4.21 Å². The van der Waals surface area contributed by atoms with E-state index in [-0.39, 0.29) is 11.5 Å². The van der Waals surface area contributed by atoms with Crippen molar-refractivity contribution in [3.05, 3.63) is 0 Å². The van der Waals surface area contributed by atoms with Crippen LogP contribution in [0, 0.1) is 0 Å². The van der Waals surface area contributed by atoms with Gasteiger partial charge in [0.1, 0.15) is 9.84 Å². The molecular formula is C10H21O4S2-. The van der Waals surface area contributed by atoms with E-state index in [9.17, 15) is 17.2 Å². The molecule has 0 radical (unpaired) electrons. The Morgan fingerprint density at radius 3 is 1.81 bits per heavy atom. The summed E-state index contributed by atoms with van der Waals surface area (Å²) in [6.45, 7) is 0. The lowest BCUT2D eigenvalue weighted by molar-refractivity contribution is 0.530. The van der Waals surface area contributed by atoms with Crippen molar-refractivity contribution in [1.29, 1.82) is 0 Å². The highest BCUT2D eigenvalue weighted by Gasteiger charge is 2.00. The van der Waals surface area contributed by atoms with Crippen LogP contribution in [0.2, 0.25) is 0 Å². The molecule has 0 aliphatic heterocycles. The second-order valence-corrected chi connectivity index (χ2v) is 7.39. The Hall–Kier alpha value is 0.0600. The zero-order chi connectivity index (χ0) is 12.4. The summed E-state index contributed by atoms with van der Waals surface area (Å²) in [6.07, 6.45) is 7.76. The SMILES string of the molecule is CS(=O)(=O)CCCCCCCCCS(=O)[O-]. The van der Waals surface area contributed by atoms with Crippen molar-refractivity contribution in [2.24, 2.45) is 0 Å². The van der Waals surface area contributed by atoms with Crippen molar-refractivity contribution in [1.82, 2.24) is 0 Å². The number of unbranched alkanes of at least 4 members (excludes halogenated alkanes) is 6. The molecule has 1 unspecified atom stereocenters. The molecule has 0 bridgehead atoms. The van der Waals surface area contributed by atoms with E-state index in [1.807, 2.05) is 0 Å². The molecule has 0 rings (SSSR count). The first kappa shape index (κ1) is 16.1. The maximum Gasteiger partial charge on any atom is 0.147 e. The Morgan fingerprint density at radius 1 is 0.938 bits per heavy atom. The maximum atomic E-state index is 10.8. The minimum absolute atomic E-state index is 0.258. The van der Waals surface area contributed by atoms with Crippen LogP contribution in [-0.4, -0.2) is 34.9 Å². The summed E-state index contributed by atoms with van der Waals surface area (Å²) < 4.78 is 42.0. The van der Waals surface area contributed by atoms with E-state index in [0.29, 0.717) is 0 Å². The molecule has 98 valence electrons. The molecule has 0 saturated carbocycles. The average Bonchev–Trinajstić information content (AvgIpc) is 2.13. The fourth-order valence-electron chi connectivity index (χ4n) is 1.47. The molecule has 0 aromatic rings. The van der Waals surface area contributed by atoms with Crippen LogP contribution >= 0.6 is 0 Å². The van der Waals surface area contributed by atoms with Gasteiger partial charge < -0.3 is 4.55 Å². The van der Waals surface area contributed by atoms with Gasteiger partial charge in [0, 0.05) is 17.8 Å². The summed E-state index contributed by atoms with van der Waals surface area (Å²) in [5.41, 5.74) is 0. The third kappa shape index (κ3) is 14.1. The molecule has 0 spiro atoms. The van der Waals surface area contributed by atoms with Crippen LogP contribution in [0.4, 0.5) is 0 Å². The smallest absolute Gasteiger partial charge is 0.147 e. The standard InChI is InChI=1S/C10H22O4S2/c1-16(13,14)10-8-6-4-2-3-5-7-9-15(11)12/h2-10H2,1H3,(H,11,12)/p-1. The summed E-state index contributed by atoms with van der Waals surface area (Å²) >= 11 is -1.90. The van der Waals surface area contributed by atoms with Crippen LogP contribution in [0.3, 0.4) is 0 Å². The van der Waals surface area contributed by atoms with Gasteiger partial charge in [-0.2, -0.15) is 0 Å². The molecule has 0 heterocycles. The lowest BCUT2D eigenvalue weighted by atomic mass is 10.1. The Kier molecular flexibility index (Phi) is 9.16. The zero-order valence-corrected chi connectivity index (χ0v) is 11.4. The van der Waals surface area contributed by atoms with Gasteiger partial charge in [0.25, 0.3) is 0 Å². The summed E-state index contributed by atoms with van der Waals surface area (Å²) in [4.78, 5) is 0. The van der Waals surface area contributed by atoms with Crippen LogP contribution in [0.25, 0.3) is 0 Å². The predicted molar refractivity (Wildman–Crippen MR) is 65.8 cm³/mol. The van der Waals surface area contributed by atoms with E-state index in [1.165, 1.54) is 6.26 Å². The van der Waals surface area contributed by atoms with Gasteiger partial charge in [-0.15, -0.1) is 0 Å². The second kappa shape index (κ2) is 9.13. The van der Waals surface area contributed by atoms with E-state index in [4.69, 9.17) is 0 Å². The number of hydrogen-bond acceptors (Lipinski definition) is 4. The molecular weight excluding hydrogens is 248 g/mol. The first-order valence-corrected chi connectivity index (χ1v) is 8.96. The maximum absolute atomic E-state index is 10.8. The van der Waals surface area contributed by atoms with Gasteiger partial charge in [0.2, 0.25) is 0 Å². The van der Waals surface area contributed by atoms with Crippen molar-refractivity contribution in [3.8, 4) is 0 Å². The summed E-state index contributed by atoms with van der Waals surface area (Å²) in [5, 5.41) is 0. The van der Waals surface area contributed by atoms with E-state index in [2.05, 4.69) is 0 Å². The van der Waals surface area contributed by atoms with E-state index < -0.39 is 20.9 Å². The second-order valence-electron chi connectivity index (χ2n) is 4.11. The highest BCUT2D eigenvalue weighted by atomic mass is 32.2. The largest absolute Gasteiger partial charge is 0.772 e. The van der Waals surface area contributed by atoms with Crippen LogP contribution in [0.5, 0.6) is 0 Å². The number of sulfone groups is 1. The van der Waals surface area contributed by atoms with Crippen molar-refractivity contribution in [3.63, 3.8) is 0 Å². The molecule has 1 atom stereocenters. The van der Waals surface area contributed by atoms with Gasteiger partial charge in [-0.05, 0) is 12.8 Å². The zero-order valence-electron chi connectivity index (χ0n) is 9.81. The van der Waals surface area contributed by atoms with Crippen molar-refractivity contribution in [2.75, 3.05) is 17.8 Å². The summed E-state index contributed by atoms with van der Waals surface area (Å²) in [5.74, 6) is 0.538. The summed E-state index contributed by atoms with van der Waals surface area (Å²) in [7, 11) is -2.80. The lowest BCUT2D eigenvalue weighted by Gasteiger charge is -2.04. The third-order valence-corrected chi connectivity index (χ3v) is 3.98. The molecule has 4 nitrogen and oxygen atoms in total. The quantitative estimate of drug-likeness (QED) is 0.446. The number of hydrogen-bond donors (Lipinski definition) is 0. The van der Waals surface area contributed by atoms with Crippen molar-refractivity contribution >= 4 is 20.9 Å². The van der Waals surface area contributed by atoms with E-state index >= 15 is 0 Å². The predicted octanol–water partition coefficient (Wildman–Crippen LogP) is 1.64. The molecule has 0 fully saturated rings. The van der Waals surface area contributed by atoms with Gasteiger partial charge in [-0.25, -0.2) is 8.42 Å². The molecule has 0 N–H and O–H groups in total. The van der Waals surface area contributed by atoms with Gasteiger partial charge in [-0.1, -0.05) is 43.2 Å². The molecule has 16 heavy (non-hydrogen) atoms. The first-order chi connectivity index (χ1) is 7.42. The highest BCUT2D eigenvalue weighted by Crippen LogP contribution is 2.08. The Labute approximate surface area is 101 Å². The molecule has 0 saturated heterocycles. The third-order valence-electron chi connectivity index (χ3n) is 2.33. The molecule has 0 aliphatic rings. The van der Waals surface area contributed by atoms with Crippen molar-refractivity contribution in [2.45, 2.75) is 44.9 Å². The first-order valence-electron chi connectivity index (χ1n) is 5.65. The van der Waals surface area contributed by atoms with Crippen LogP contribution in [-0.2, 0) is 20.9 Å². The van der Waals surface area contributed by atoms with Crippen molar-refractivity contribution < 1.29 is 17.2 Å². The average molecular weight is 269 g/mol. The van der Waals surface area contributed by atoms with E-state index in [1.54, 1.807) is 0 Å². The Morgan fingerprint density at radius 2 is 1.38 bits per heavy atom. The lowest BCUT2D eigenvalue weighted by Crippen LogP contribution is -2.02. The molecule has 0 amide bonds. The topological polar surface area (TPSA) is 74.3 Å². The van der Waals surface area contributed by atoms with Gasteiger partial charge in [0.15, 0.2) is 0 Å². The minimum atomic E-state index is -2.80. The fraction of sp³-hybridized carbons (Fsp3) is 1.00. The fourth-order valence-corrected chi connectivity index (χ4v) is 2.64. The molecule has 0 aliphatic carbocycles. The van der Waals surface area contributed by atoms with Crippen LogP contribution < -0.4 is 0 Å². The van der Waals surface area contributed by atoms with Gasteiger partial charge >= 0.3 is 0 Å². The molecule has 0 aromatic heterocycles. The Balaban J connectivity index is 3.13. The van der Waals surface area contributed by atoms with Gasteiger partial charge in [0.05, 0.1) is 0 Å². The minimum Gasteiger partial charge on any atom is -0.772 e. The highest BCUT2D eigenvalue weighted by molar-refractivity contribution is 7.90. The Bertz CT molecular complexity index is 285.